The van der Waals surface area contributed by atoms with E-state index in [-0.39, 0.29) is 0 Å². The van der Waals surface area contributed by atoms with Gasteiger partial charge in [0, 0.05) is 11.1 Å². The molecule has 3 rings (SSSR count). The Morgan fingerprint density at radius 3 is 2.57 bits per heavy atom. The van der Waals surface area contributed by atoms with Crippen molar-refractivity contribution in [2.45, 2.75) is 20.8 Å². The highest BCUT2D eigenvalue weighted by molar-refractivity contribution is 7.19. The van der Waals surface area contributed by atoms with Crippen LogP contribution in [0.1, 0.15) is 16.8 Å². The second kappa shape index (κ2) is 5.46. The SMILES string of the molecule is Cc1ccc(Nc2nc(-c3sc(N)nc3C)cs2)cc1C. The molecule has 0 radical (unpaired) electrons. The maximum Gasteiger partial charge on any atom is 0.187 e. The first-order valence-corrected chi connectivity index (χ1v) is 8.25. The van der Waals surface area contributed by atoms with E-state index in [1.54, 1.807) is 11.3 Å². The highest BCUT2D eigenvalue weighted by Crippen LogP contribution is 2.34. The lowest BCUT2D eigenvalue weighted by Gasteiger charge is -2.05. The van der Waals surface area contributed by atoms with E-state index < -0.39 is 0 Å². The van der Waals surface area contributed by atoms with Crippen LogP contribution in [0.2, 0.25) is 0 Å². The summed E-state index contributed by atoms with van der Waals surface area (Å²) in [6.07, 6.45) is 0. The maximum atomic E-state index is 5.75. The average Bonchev–Trinajstić information content (AvgIpc) is 3.00. The molecule has 0 aliphatic heterocycles. The van der Waals surface area contributed by atoms with Crippen LogP contribution in [0.15, 0.2) is 23.6 Å². The van der Waals surface area contributed by atoms with Gasteiger partial charge in [0.15, 0.2) is 10.3 Å². The molecule has 0 atom stereocenters. The normalized spacial score (nSPS) is 10.8. The fraction of sp³-hybridized carbons (Fsp3) is 0.200. The number of hydrogen-bond acceptors (Lipinski definition) is 6. The van der Waals surface area contributed by atoms with E-state index in [1.807, 2.05) is 12.3 Å². The van der Waals surface area contributed by atoms with Crippen molar-refractivity contribution in [2.75, 3.05) is 11.1 Å². The van der Waals surface area contributed by atoms with Crippen molar-refractivity contribution in [3.63, 3.8) is 0 Å². The number of nitrogens with two attached hydrogens (primary N) is 1. The predicted molar refractivity (Wildman–Crippen MR) is 91.6 cm³/mol. The number of nitrogens with one attached hydrogen (secondary N) is 1. The van der Waals surface area contributed by atoms with Crippen molar-refractivity contribution in [3.8, 4) is 10.6 Å². The quantitative estimate of drug-likeness (QED) is 0.746. The fourth-order valence-corrected chi connectivity index (χ4v) is 3.62. The van der Waals surface area contributed by atoms with Gasteiger partial charge in [0.25, 0.3) is 0 Å². The number of aromatic nitrogens is 2. The Morgan fingerprint density at radius 2 is 1.90 bits per heavy atom. The molecule has 0 saturated heterocycles. The summed E-state index contributed by atoms with van der Waals surface area (Å²) in [5, 5.41) is 6.84. The highest BCUT2D eigenvalue weighted by Gasteiger charge is 2.12. The van der Waals surface area contributed by atoms with Crippen LogP contribution >= 0.6 is 22.7 Å². The average molecular weight is 316 g/mol. The fourth-order valence-electron chi connectivity index (χ4n) is 2.03. The number of rotatable bonds is 3. The second-order valence-electron chi connectivity index (χ2n) is 4.93. The third-order valence-corrected chi connectivity index (χ3v) is 5.07. The molecule has 21 heavy (non-hydrogen) atoms. The summed E-state index contributed by atoms with van der Waals surface area (Å²) in [7, 11) is 0. The van der Waals surface area contributed by atoms with Crippen molar-refractivity contribution in [3.05, 3.63) is 40.4 Å². The predicted octanol–water partition coefficient (Wildman–Crippen LogP) is 4.52. The molecule has 3 N–H and O–H groups in total. The van der Waals surface area contributed by atoms with Gasteiger partial charge in [-0.2, -0.15) is 0 Å². The minimum Gasteiger partial charge on any atom is -0.375 e. The molecule has 0 saturated carbocycles. The van der Waals surface area contributed by atoms with E-state index >= 15 is 0 Å². The molecule has 0 unspecified atom stereocenters. The molecular weight excluding hydrogens is 300 g/mol. The van der Waals surface area contributed by atoms with Crippen LogP contribution in [0, 0.1) is 20.8 Å². The molecule has 0 fully saturated rings. The van der Waals surface area contributed by atoms with Gasteiger partial charge in [-0.3, -0.25) is 0 Å². The van der Waals surface area contributed by atoms with Crippen molar-refractivity contribution >= 4 is 38.6 Å². The smallest absolute Gasteiger partial charge is 0.187 e. The Bertz CT molecular complexity index is 789. The Morgan fingerprint density at radius 1 is 1.10 bits per heavy atom. The molecule has 2 aromatic heterocycles. The molecular formula is C15H16N4S2. The molecule has 0 aliphatic rings. The summed E-state index contributed by atoms with van der Waals surface area (Å²) < 4.78 is 0. The lowest BCUT2D eigenvalue weighted by Crippen LogP contribution is -1.91. The number of hydrogen-bond donors (Lipinski definition) is 2. The first kappa shape index (κ1) is 14.0. The van der Waals surface area contributed by atoms with E-state index in [0.29, 0.717) is 5.13 Å². The molecule has 1 aromatic carbocycles. The van der Waals surface area contributed by atoms with Gasteiger partial charge in [-0.25, -0.2) is 9.97 Å². The molecule has 0 bridgehead atoms. The van der Waals surface area contributed by atoms with E-state index in [1.165, 1.54) is 22.5 Å². The summed E-state index contributed by atoms with van der Waals surface area (Å²) >= 11 is 3.06. The van der Waals surface area contributed by atoms with Crippen molar-refractivity contribution in [2.24, 2.45) is 0 Å². The second-order valence-corrected chi connectivity index (χ2v) is 6.82. The monoisotopic (exact) mass is 316 g/mol. The topological polar surface area (TPSA) is 63.8 Å². The zero-order chi connectivity index (χ0) is 15.0. The molecule has 0 aliphatic carbocycles. The zero-order valence-electron chi connectivity index (χ0n) is 12.1. The van der Waals surface area contributed by atoms with Gasteiger partial charge in [-0.1, -0.05) is 17.4 Å². The summed E-state index contributed by atoms with van der Waals surface area (Å²) in [5.74, 6) is 0. The van der Waals surface area contributed by atoms with Gasteiger partial charge in [-0.05, 0) is 44.0 Å². The van der Waals surface area contributed by atoms with Gasteiger partial charge in [0.2, 0.25) is 0 Å². The summed E-state index contributed by atoms with van der Waals surface area (Å²) in [5.41, 5.74) is 11.2. The Kier molecular flexibility index (Phi) is 3.65. The van der Waals surface area contributed by atoms with Crippen molar-refractivity contribution < 1.29 is 0 Å². The minimum atomic E-state index is 0.583. The summed E-state index contributed by atoms with van der Waals surface area (Å²) in [6, 6.07) is 6.31. The molecule has 108 valence electrons. The Balaban J connectivity index is 1.85. The molecule has 2 heterocycles. The summed E-state index contributed by atoms with van der Waals surface area (Å²) in [4.78, 5) is 9.91. The molecule has 4 nitrogen and oxygen atoms in total. The first-order valence-electron chi connectivity index (χ1n) is 6.56. The van der Waals surface area contributed by atoms with Gasteiger partial charge < -0.3 is 11.1 Å². The number of nitrogens with zero attached hydrogens (tertiary/aromatic N) is 2. The van der Waals surface area contributed by atoms with E-state index in [9.17, 15) is 0 Å². The molecule has 0 spiro atoms. The van der Waals surface area contributed by atoms with Crippen LogP contribution in [-0.4, -0.2) is 9.97 Å². The molecule has 6 heteroatoms. The Hall–Kier alpha value is -1.92. The van der Waals surface area contributed by atoms with Crippen LogP contribution in [0.3, 0.4) is 0 Å². The largest absolute Gasteiger partial charge is 0.375 e. The van der Waals surface area contributed by atoms with Crippen LogP contribution in [0.4, 0.5) is 16.0 Å². The number of anilines is 3. The number of nitrogen functional groups attached to an aromatic ring is 1. The minimum absolute atomic E-state index is 0.583. The molecule has 0 amide bonds. The van der Waals surface area contributed by atoms with E-state index in [4.69, 9.17) is 5.73 Å². The van der Waals surface area contributed by atoms with Crippen LogP contribution in [0.25, 0.3) is 10.6 Å². The Labute approximate surface area is 131 Å². The number of thiazole rings is 2. The van der Waals surface area contributed by atoms with Gasteiger partial charge >= 0.3 is 0 Å². The highest BCUT2D eigenvalue weighted by atomic mass is 32.1. The number of benzene rings is 1. The van der Waals surface area contributed by atoms with Crippen LogP contribution in [0.5, 0.6) is 0 Å². The van der Waals surface area contributed by atoms with Crippen LogP contribution in [-0.2, 0) is 0 Å². The summed E-state index contributed by atoms with van der Waals surface area (Å²) in [6.45, 7) is 6.17. The number of aryl methyl sites for hydroxylation is 3. The lowest BCUT2D eigenvalue weighted by molar-refractivity contribution is 1.26. The third-order valence-electron chi connectivity index (χ3n) is 3.31. The zero-order valence-corrected chi connectivity index (χ0v) is 13.7. The van der Waals surface area contributed by atoms with Crippen molar-refractivity contribution in [1.82, 2.24) is 9.97 Å². The maximum absolute atomic E-state index is 5.75. The standard InChI is InChI=1S/C15H16N4S2/c1-8-4-5-11(6-9(8)2)18-15-19-12(7-20-15)13-10(3)17-14(16)21-13/h4-7H,1-3H3,(H2,16,17)(H,18,19). The van der Waals surface area contributed by atoms with Gasteiger partial charge in [0.1, 0.15) is 0 Å². The van der Waals surface area contributed by atoms with Crippen molar-refractivity contribution in [1.29, 1.82) is 0 Å². The van der Waals surface area contributed by atoms with E-state index in [2.05, 4.69) is 47.3 Å². The van der Waals surface area contributed by atoms with E-state index in [0.717, 1.165) is 27.1 Å². The van der Waals surface area contributed by atoms with Crippen LogP contribution < -0.4 is 11.1 Å². The third kappa shape index (κ3) is 2.91. The first-order chi connectivity index (χ1) is 10.0. The van der Waals surface area contributed by atoms with Gasteiger partial charge in [-0.15, -0.1) is 11.3 Å². The molecule has 3 aromatic rings. The van der Waals surface area contributed by atoms with Gasteiger partial charge in [0.05, 0.1) is 16.3 Å². The lowest BCUT2D eigenvalue weighted by atomic mass is 10.1.